The topological polar surface area (TPSA) is 66.5 Å². The predicted octanol–water partition coefficient (Wildman–Crippen LogP) is 2.43. The first kappa shape index (κ1) is 16.5. The van der Waals surface area contributed by atoms with Crippen LogP contribution < -0.4 is 9.62 Å². The highest BCUT2D eigenvalue weighted by atomic mass is 79.9. The molecule has 0 saturated carbocycles. The normalized spacial score (nSPS) is 15.9. The zero-order chi connectivity index (χ0) is 15.8. The Morgan fingerprint density at radius 1 is 1.48 bits per heavy atom. The van der Waals surface area contributed by atoms with Gasteiger partial charge in [0, 0.05) is 29.7 Å². The summed E-state index contributed by atoms with van der Waals surface area (Å²) in [7, 11) is -3.61. The summed E-state index contributed by atoms with van der Waals surface area (Å²) in [6.07, 6.45) is 1.45. The maximum atomic E-state index is 12.5. The first-order chi connectivity index (χ1) is 9.76. The minimum Gasteiger partial charge on any atom is -0.312 e. The highest BCUT2D eigenvalue weighted by Crippen LogP contribution is 2.35. The van der Waals surface area contributed by atoms with E-state index in [1.54, 1.807) is 17.0 Å². The van der Waals surface area contributed by atoms with Crippen molar-refractivity contribution in [2.24, 2.45) is 0 Å². The van der Waals surface area contributed by atoms with E-state index < -0.39 is 10.0 Å². The molecule has 21 heavy (non-hydrogen) atoms. The van der Waals surface area contributed by atoms with E-state index >= 15 is 0 Å². The average Bonchev–Trinajstić information content (AvgIpc) is 2.79. The van der Waals surface area contributed by atoms with Crippen LogP contribution in [-0.4, -0.2) is 26.9 Å². The molecule has 1 amide bonds. The second kappa shape index (κ2) is 6.06. The molecule has 0 saturated heterocycles. The lowest BCUT2D eigenvalue weighted by atomic mass is 10.2. The van der Waals surface area contributed by atoms with Crippen LogP contribution in [0, 0.1) is 0 Å². The van der Waals surface area contributed by atoms with E-state index in [1.165, 1.54) is 6.92 Å². The number of halogens is 1. The summed E-state index contributed by atoms with van der Waals surface area (Å²) in [5.41, 5.74) is 1.68. The van der Waals surface area contributed by atoms with Crippen molar-refractivity contribution in [1.29, 1.82) is 0 Å². The molecule has 1 heterocycles. The zero-order valence-corrected chi connectivity index (χ0v) is 14.7. The zero-order valence-electron chi connectivity index (χ0n) is 12.3. The van der Waals surface area contributed by atoms with E-state index in [-0.39, 0.29) is 16.8 Å². The van der Waals surface area contributed by atoms with Crippen molar-refractivity contribution < 1.29 is 13.2 Å². The minimum atomic E-state index is -3.61. The molecule has 1 atom stereocenters. The Morgan fingerprint density at radius 3 is 2.71 bits per heavy atom. The molecule has 1 aromatic rings. The molecule has 1 aromatic carbocycles. The summed E-state index contributed by atoms with van der Waals surface area (Å²) in [4.78, 5) is 13.4. The molecule has 7 heteroatoms. The van der Waals surface area contributed by atoms with Gasteiger partial charge < -0.3 is 4.90 Å². The van der Waals surface area contributed by atoms with Gasteiger partial charge in [0.05, 0.1) is 4.90 Å². The fraction of sp³-hybridized carbons (Fsp3) is 0.500. The number of hydrogen-bond acceptors (Lipinski definition) is 3. The Labute approximate surface area is 133 Å². The molecule has 1 aliphatic heterocycles. The number of amides is 1. The van der Waals surface area contributed by atoms with Crippen LogP contribution in [0.2, 0.25) is 0 Å². The minimum absolute atomic E-state index is 0.0747. The molecule has 0 fully saturated rings. The van der Waals surface area contributed by atoms with Gasteiger partial charge >= 0.3 is 0 Å². The van der Waals surface area contributed by atoms with Gasteiger partial charge in [-0.25, -0.2) is 13.1 Å². The molecule has 1 unspecified atom stereocenters. The van der Waals surface area contributed by atoms with Gasteiger partial charge in [-0.05, 0) is 53.4 Å². The molecular weight excluding hydrogens is 356 g/mol. The number of benzene rings is 1. The molecule has 116 valence electrons. The third-order valence-electron chi connectivity index (χ3n) is 3.67. The average molecular weight is 375 g/mol. The van der Waals surface area contributed by atoms with Crippen molar-refractivity contribution in [1.82, 2.24) is 4.72 Å². The lowest BCUT2D eigenvalue weighted by Gasteiger charge is -2.18. The summed E-state index contributed by atoms with van der Waals surface area (Å²) in [5, 5.41) is 0. The fourth-order valence-electron chi connectivity index (χ4n) is 2.33. The molecule has 0 bridgehead atoms. The molecule has 0 aliphatic carbocycles. The molecule has 0 aromatic heterocycles. The van der Waals surface area contributed by atoms with Crippen molar-refractivity contribution in [3.8, 4) is 0 Å². The number of nitrogens with zero attached hydrogens (tertiary/aromatic N) is 1. The molecular formula is C14H19BrN2O3S. The molecule has 2 rings (SSSR count). The van der Waals surface area contributed by atoms with Crippen LogP contribution in [0.4, 0.5) is 5.69 Å². The third-order valence-corrected chi connectivity index (χ3v) is 6.22. The number of fused-ring (bicyclic) bond motifs is 1. The highest BCUT2D eigenvalue weighted by molar-refractivity contribution is 9.10. The number of sulfonamides is 1. The van der Waals surface area contributed by atoms with Crippen LogP contribution in [0.5, 0.6) is 0 Å². The Morgan fingerprint density at radius 2 is 2.14 bits per heavy atom. The molecule has 0 spiro atoms. The van der Waals surface area contributed by atoms with Crippen LogP contribution in [0.3, 0.4) is 0 Å². The summed E-state index contributed by atoms with van der Waals surface area (Å²) in [5.74, 6) is -0.0747. The van der Waals surface area contributed by atoms with Crippen LogP contribution in [0.1, 0.15) is 32.8 Å². The molecule has 0 radical (unpaired) electrons. The van der Waals surface area contributed by atoms with E-state index in [0.29, 0.717) is 23.1 Å². The largest absolute Gasteiger partial charge is 0.312 e. The number of anilines is 1. The van der Waals surface area contributed by atoms with Gasteiger partial charge in [-0.2, -0.15) is 0 Å². The Hall–Kier alpha value is -0.920. The summed E-state index contributed by atoms with van der Waals surface area (Å²) in [6.45, 7) is 5.82. The fourth-order valence-corrected chi connectivity index (χ4v) is 4.77. The van der Waals surface area contributed by atoms with Gasteiger partial charge in [0.15, 0.2) is 0 Å². The lowest BCUT2D eigenvalue weighted by Crippen LogP contribution is -2.32. The first-order valence-corrected chi connectivity index (χ1v) is 9.16. The summed E-state index contributed by atoms with van der Waals surface area (Å²) >= 11 is 3.33. The second-order valence-corrected chi connectivity index (χ2v) is 7.80. The van der Waals surface area contributed by atoms with Crippen molar-refractivity contribution in [2.45, 2.75) is 44.6 Å². The maximum Gasteiger partial charge on any atom is 0.242 e. The van der Waals surface area contributed by atoms with E-state index in [0.717, 1.165) is 12.0 Å². The number of nitrogens with one attached hydrogen (secondary N) is 1. The first-order valence-electron chi connectivity index (χ1n) is 6.89. The monoisotopic (exact) mass is 374 g/mol. The van der Waals surface area contributed by atoms with Crippen LogP contribution in [0.25, 0.3) is 0 Å². The van der Waals surface area contributed by atoms with E-state index in [2.05, 4.69) is 20.7 Å². The highest BCUT2D eigenvalue weighted by Gasteiger charge is 2.27. The van der Waals surface area contributed by atoms with Crippen molar-refractivity contribution in [2.75, 3.05) is 11.4 Å². The quantitative estimate of drug-likeness (QED) is 0.879. The van der Waals surface area contributed by atoms with Crippen molar-refractivity contribution in [3.63, 3.8) is 0 Å². The van der Waals surface area contributed by atoms with Gasteiger partial charge in [0.2, 0.25) is 15.9 Å². The predicted molar refractivity (Wildman–Crippen MR) is 85.9 cm³/mol. The molecule has 1 N–H and O–H groups in total. The molecule has 5 nitrogen and oxygen atoms in total. The SMILES string of the molecule is CCC(C)NS(=O)(=O)c1cc2c(cc1Br)CCN2C(C)=O. The summed E-state index contributed by atoms with van der Waals surface area (Å²) < 4.78 is 28.1. The van der Waals surface area contributed by atoms with Gasteiger partial charge in [0.25, 0.3) is 0 Å². The van der Waals surface area contributed by atoms with Crippen LogP contribution >= 0.6 is 15.9 Å². The lowest BCUT2D eigenvalue weighted by molar-refractivity contribution is -0.116. The number of hydrogen-bond donors (Lipinski definition) is 1. The van der Waals surface area contributed by atoms with Gasteiger partial charge in [-0.15, -0.1) is 0 Å². The van der Waals surface area contributed by atoms with E-state index in [1.807, 2.05) is 13.8 Å². The van der Waals surface area contributed by atoms with Crippen molar-refractivity contribution in [3.05, 3.63) is 22.2 Å². The molecule has 1 aliphatic rings. The number of rotatable bonds is 4. The van der Waals surface area contributed by atoms with Crippen LogP contribution in [-0.2, 0) is 21.2 Å². The summed E-state index contributed by atoms with van der Waals surface area (Å²) in [6, 6.07) is 3.24. The number of carbonyl (C=O) groups excluding carboxylic acids is 1. The number of carbonyl (C=O) groups is 1. The Bertz CT molecular complexity index is 673. The smallest absolute Gasteiger partial charge is 0.242 e. The second-order valence-electron chi connectivity index (χ2n) is 5.26. The van der Waals surface area contributed by atoms with Gasteiger partial charge in [-0.3, -0.25) is 4.79 Å². The van der Waals surface area contributed by atoms with E-state index in [9.17, 15) is 13.2 Å². The standard InChI is InChI=1S/C14H19BrN2O3S/c1-4-9(2)16-21(19,20)14-8-13-11(7-12(14)15)5-6-17(13)10(3)18/h7-9,16H,4-6H2,1-3H3. The van der Waals surface area contributed by atoms with Gasteiger partial charge in [0.1, 0.15) is 0 Å². The Balaban J connectivity index is 2.47. The van der Waals surface area contributed by atoms with Gasteiger partial charge in [-0.1, -0.05) is 6.92 Å². The van der Waals surface area contributed by atoms with Crippen LogP contribution in [0.15, 0.2) is 21.5 Å². The third kappa shape index (κ3) is 3.30. The maximum absolute atomic E-state index is 12.5. The Kier molecular flexibility index (Phi) is 4.75. The van der Waals surface area contributed by atoms with Crippen molar-refractivity contribution >= 4 is 37.5 Å². The van der Waals surface area contributed by atoms with E-state index in [4.69, 9.17) is 0 Å².